The molecule has 0 spiro atoms. The number of hydrogen-bond donors (Lipinski definition) is 0. The molecule has 1 fully saturated rings. The molecule has 2 aliphatic rings. The topological polar surface area (TPSA) is 20.3 Å². The van der Waals surface area contributed by atoms with Gasteiger partial charge in [-0.3, -0.25) is 9.69 Å². The Bertz CT molecular complexity index is 442. The third-order valence-corrected chi connectivity index (χ3v) is 4.18. The van der Waals surface area contributed by atoms with Gasteiger partial charge in [0.2, 0.25) is 0 Å². The van der Waals surface area contributed by atoms with Crippen LogP contribution in [0, 0.1) is 0 Å². The lowest BCUT2D eigenvalue weighted by atomic mass is 9.94. The normalized spacial score (nSPS) is 20.8. The van der Waals surface area contributed by atoms with E-state index < -0.39 is 0 Å². The quantitative estimate of drug-likeness (QED) is 0.708. The van der Waals surface area contributed by atoms with Crippen LogP contribution in [0.5, 0.6) is 0 Å². The minimum atomic E-state index is 0.109. The highest BCUT2D eigenvalue weighted by Gasteiger charge is 2.37. The number of carbonyl (C=O) groups is 1. The van der Waals surface area contributed by atoms with Crippen molar-refractivity contribution in [3.05, 3.63) is 35.4 Å². The van der Waals surface area contributed by atoms with Crippen molar-refractivity contribution >= 4 is 23.1 Å². The lowest BCUT2D eigenvalue weighted by Crippen LogP contribution is -2.40. The zero-order chi connectivity index (χ0) is 11.8. The van der Waals surface area contributed by atoms with E-state index >= 15 is 0 Å². The van der Waals surface area contributed by atoms with Crippen LogP contribution in [0.4, 0.5) is 0 Å². The maximum absolute atomic E-state index is 12.3. The molecule has 3 heteroatoms. The van der Waals surface area contributed by atoms with Gasteiger partial charge in [0.25, 0.3) is 5.91 Å². The molecule has 1 aliphatic heterocycles. The fourth-order valence-corrected chi connectivity index (χ4v) is 3.29. The molecule has 88 valence electrons. The molecule has 0 aromatic heterocycles. The van der Waals surface area contributed by atoms with E-state index in [-0.39, 0.29) is 5.91 Å². The highest BCUT2D eigenvalue weighted by molar-refractivity contribution is 7.80. The van der Waals surface area contributed by atoms with Crippen molar-refractivity contribution in [2.75, 3.05) is 0 Å². The van der Waals surface area contributed by atoms with Crippen molar-refractivity contribution in [3.63, 3.8) is 0 Å². The second kappa shape index (κ2) is 4.22. The van der Waals surface area contributed by atoms with Crippen molar-refractivity contribution < 1.29 is 4.79 Å². The third kappa shape index (κ3) is 1.69. The van der Waals surface area contributed by atoms with E-state index in [2.05, 4.69) is 0 Å². The summed E-state index contributed by atoms with van der Waals surface area (Å²) in [5.74, 6) is 0.109. The second-order valence-electron chi connectivity index (χ2n) is 4.82. The highest BCUT2D eigenvalue weighted by atomic mass is 32.1. The first-order valence-electron chi connectivity index (χ1n) is 6.26. The minimum Gasteiger partial charge on any atom is -0.295 e. The van der Waals surface area contributed by atoms with Crippen molar-refractivity contribution in [2.45, 2.75) is 38.1 Å². The molecule has 0 unspecified atom stereocenters. The van der Waals surface area contributed by atoms with Gasteiger partial charge < -0.3 is 0 Å². The molecule has 0 atom stereocenters. The monoisotopic (exact) mass is 245 g/mol. The summed E-state index contributed by atoms with van der Waals surface area (Å²) in [5.41, 5.74) is 1.72. The van der Waals surface area contributed by atoms with Crippen LogP contribution in [0.1, 0.15) is 48.0 Å². The summed E-state index contributed by atoms with van der Waals surface area (Å²) >= 11 is 5.46. The van der Waals surface area contributed by atoms with E-state index in [1.807, 2.05) is 29.2 Å². The first-order valence-corrected chi connectivity index (χ1v) is 6.67. The molecule has 0 radical (unpaired) electrons. The lowest BCUT2D eigenvalue weighted by Gasteiger charge is -2.30. The predicted octanol–water partition coefficient (Wildman–Crippen LogP) is 3.15. The Balaban J connectivity index is 1.94. The zero-order valence-corrected chi connectivity index (χ0v) is 10.5. The van der Waals surface area contributed by atoms with Crippen LogP contribution in [0.25, 0.3) is 0 Å². The van der Waals surface area contributed by atoms with Gasteiger partial charge in [-0.05, 0) is 18.9 Å². The molecule has 1 aromatic rings. The van der Waals surface area contributed by atoms with Crippen molar-refractivity contribution in [1.82, 2.24) is 4.90 Å². The first-order chi connectivity index (χ1) is 8.29. The SMILES string of the molecule is O=C1c2ccccc2C(=S)N1C1CCCCC1. The van der Waals surface area contributed by atoms with Gasteiger partial charge in [-0.1, -0.05) is 49.7 Å². The molecule has 3 rings (SSSR count). The Labute approximate surface area is 107 Å². The van der Waals surface area contributed by atoms with Crippen LogP contribution in [0.3, 0.4) is 0 Å². The van der Waals surface area contributed by atoms with Crippen LogP contribution in [-0.4, -0.2) is 21.8 Å². The Hall–Kier alpha value is -1.22. The summed E-state index contributed by atoms with van der Waals surface area (Å²) < 4.78 is 0. The van der Waals surface area contributed by atoms with Gasteiger partial charge >= 0.3 is 0 Å². The van der Waals surface area contributed by atoms with Crippen LogP contribution in [-0.2, 0) is 0 Å². The Morgan fingerprint density at radius 2 is 1.71 bits per heavy atom. The molecule has 2 nitrogen and oxygen atoms in total. The van der Waals surface area contributed by atoms with Gasteiger partial charge in [0, 0.05) is 11.6 Å². The predicted molar refractivity (Wildman–Crippen MR) is 71.2 cm³/mol. The van der Waals surface area contributed by atoms with Crippen LogP contribution >= 0.6 is 12.2 Å². The van der Waals surface area contributed by atoms with Gasteiger partial charge in [0.1, 0.15) is 4.99 Å². The maximum Gasteiger partial charge on any atom is 0.259 e. The molecule has 1 heterocycles. The van der Waals surface area contributed by atoms with E-state index in [9.17, 15) is 4.79 Å². The standard InChI is InChI=1S/C14H15NOS/c16-13-11-8-4-5-9-12(11)14(17)15(13)10-6-2-1-3-7-10/h4-5,8-10H,1-3,6-7H2. The van der Waals surface area contributed by atoms with Crippen molar-refractivity contribution in [2.24, 2.45) is 0 Å². The number of thiocarbonyl (C=S) groups is 1. The van der Waals surface area contributed by atoms with Crippen LogP contribution in [0.2, 0.25) is 0 Å². The second-order valence-corrected chi connectivity index (χ2v) is 5.20. The molecular formula is C14H15NOS. The third-order valence-electron chi connectivity index (χ3n) is 3.77. The fraction of sp³-hybridized carbons (Fsp3) is 0.429. The van der Waals surface area contributed by atoms with Gasteiger partial charge in [-0.15, -0.1) is 0 Å². The molecule has 1 aliphatic carbocycles. The van der Waals surface area contributed by atoms with Gasteiger partial charge in [0.05, 0.1) is 5.56 Å². The average Bonchev–Trinajstić information content (AvgIpc) is 2.64. The first kappa shape index (κ1) is 10.9. The molecule has 1 saturated carbocycles. The molecule has 0 saturated heterocycles. The largest absolute Gasteiger partial charge is 0.295 e. The van der Waals surface area contributed by atoms with E-state index in [1.54, 1.807) is 0 Å². The number of rotatable bonds is 1. The average molecular weight is 245 g/mol. The van der Waals surface area contributed by atoms with Crippen LogP contribution in [0.15, 0.2) is 24.3 Å². The van der Waals surface area contributed by atoms with Crippen molar-refractivity contribution in [3.8, 4) is 0 Å². The van der Waals surface area contributed by atoms with E-state index in [1.165, 1.54) is 19.3 Å². The smallest absolute Gasteiger partial charge is 0.259 e. The summed E-state index contributed by atoms with van der Waals surface area (Å²) in [7, 11) is 0. The molecule has 1 amide bonds. The number of benzene rings is 1. The number of carbonyl (C=O) groups excluding carboxylic acids is 1. The number of amides is 1. The van der Waals surface area contributed by atoms with E-state index in [4.69, 9.17) is 12.2 Å². The van der Waals surface area contributed by atoms with Gasteiger partial charge in [0.15, 0.2) is 0 Å². The number of nitrogens with zero attached hydrogens (tertiary/aromatic N) is 1. The lowest BCUT2D eigenvalue weighted by molar-refractivity contribution is 0.0795. The highest BCUT2D eigenvalue weighted by Crippen LogP contribution is 2.31. The Kier molecular flexibility index (Phi) is 2.71. The minimum absolute atomic E-state index is 0.109. The van der Waals surface area contributed by atoms with E-state index in [0.717, 1.165) is 29.0 Å². The van der Waals surface area contributed by atoms with E-state index in [0.29, 0.717) is 6.04 Å². The fourth-order valence-electron chi connectivity index (χ4n) is 2.88. The number of hydrogen-bond acceptors (Lipinski definition) is 2. The van der Waals surface area contributed by atoms with Crippen LogP contribution < -0.4 is 0 Å². The summed E-state index contributed by atoms with van der Waals surface area (Å²) in [6, 6.07) is 8.02. The van der Waals surface area contributed by atoms with Gasteiger partial charge in [-0.2, -0.15) is 0 Å². The molecule has 1 aromatic carbocycles. The summed E-state index contributed by atoms with van der Waals surface area (Å²) in [6.45, 7) is 0. The zero-order valence-electron chi connectivity index (χ0n) is 9.69. The molecule has 17 heavy (non-hydrogen) atoms. The summed E-state index contributed by atoms with van der Waals surface area (Å²) in [6.07, 6.45) is 5.92. The molecular weight excluding hydrogens is 230 g/mol. The summed E-state index contributed by atoms with van der Waals surface area (Å²) in [5, 5.41) is 0. The maximum atomic E-state index is 12.3. The molecule has 0 bridgehead atoms. The Morgan fingerprint density at radius 3 is 2.35 bits per heavy atom. The van der Waals surface area contributed by atoms with Gasteiger partial charge in [-0.25, -0.2) is 0 Å². The summed E-state index contributed by atoms with van der Waals surface area (Å²) in [4.78, 5) is 14.9. The number of fused-ring (bicyclic) bond motifs is 1. The van der Waals surface area contributed by atoms with Crippen molar-refractivity contribution in [1.29, 1.82) is 0 Å². The Morgan fingerprint density at radius 1 is 1.06 bits per heavy atom. The molecule has 0 N–H and O–H groups in total.